The van der Waals surface area contributed by atoms with E-state index in [2.05, 4.69) is 31.6 Å². The molecular weight excluding hydrogens is 386 g/mol. The van der Waals surface area contributed by atoms with Crippen molar-refractivity contribution in [2.75, 3.05) is 34.1 Å². The van der Waals surface area contributed by atoms with Gasteiger partial charge in [-0.1, -0.05) is 6.42 Å². The van der Waals surface area contributed by atoms with Gasteiger partial charge < -0.3 is 24.8 Å². The van der Waals surface area contributed by atoms with Crippen molar-refractivity contribution < 1.29 is 14.2 Å². The first kappa shape index (κ1) is 18.3. The van der Waals surface area contributed by atoms with E-state index >= 15 is 0 Å². The second-order valence-electron chi connectivity index (χ2n) is 6.69. The number of nitrogens with one attached hydrogen (secondary N) is 2. The average Bonchev–Trinajstić information content (AvgIpc) is 3.05. The number of hydrogen-bond acceptors (Lipinski definition) is 4. The third-order valence-corrected chi connectivity index (χ3v) is 5.64. The Kier molecular flexibility index (Phi) is 6.06. The van der Waals surface area contributed by atoms with Crippen LogP contribution in [0.25, 0.3) is 0 Å². The molecule has 0 unspecified atom stereocenters. The maximum Gasteiger partial charge on any atom is 0.231 e. The Hall–Kier alpha value is -1.47. The molecule has 0 saturated heterocycles. The van der Waals surface area contributed by atoms with Gasteiger partial charge in [0.15, 0.2) is 17.5 Å². The van der Waals surface area contributed by atoms with Crippen LogP contribution in [0.15, 0.2) is 21.6 Å². The topological polar surface area (TPSA) is 64.1 Å². The molecule has 25 heavy (non-hydrogen) atoms. The minimum absolute atomic E-state index is 0.275. The molecule has 0 bridgehead atoms. The number of methoxy groups -OCH3 is 1. The van der Waals surface area contributed by atoms with Gasteiger partial charge >= 0.3 is 0 Å². The van der Waals surface area contributed by atoms with E-state index < -0.39 is 0 Å². The van der Waals surface area contributed by atoms with E-state index in [1.807, 2.05) is 12.1 Å². The first-order valence-electron chi connectivity index (χ1n) is 8.67. The molecule has 1 heterocycles. The van der Waals surface area contributed by atoms with Gasteiger partial charge in [-0.15, -0.1) is 0 Å². The highest BCUT2D eigenvalue weighted by Gasteiger charge is 2.36. The van der Waals surface area contributed by atoms with Crippen molar-refractivity contribution in [3.63, 3.8) is 0 Å². The molecule has 138 valence electrons. The molecule has 0 amide bonds. The Labute approximate surface area is 157 Å². The zero-order valence-corrected chi connectivity index (χ0v) is 16.4. The molecule has 2 aliphatic rings. The Balaban J connectivity index is 1.52. The number of fused-ring (bicyclic) bond motifs is 1. The second-order valence-corrected chi connectivity index (χ2v) is 7.54. The van der Waals surface area contributed by atoms with Crippen molar-refractivity contribution in [1.29, 1.82) is 0 Å². The van der Waals surface area contributed by atoms with Gasteiger partial charge in [-0.3, -0.25) is 4.99 Å². The monoisotopic (exact) mass is 411 g/mol. The third-order valence-electron chi connectivity index (χ3n) is 5.05. The van der Waals surface area contributed by atoms with Gasteiger partial charge in [-0.05, 0) is 58.3 Å². The van der Waals surface area contributed by atoms with Gasteiger partial charge in [-0.2, -0.15) is 0 Å². The van der Waals surface area contributed by atoms with Gasteiger partial charge in [0.1, 0.15) is 0 Å². The summed E-state index contributed by atoms with van der Waals surface area (Å²) < 4.78 is 17.1. The van der Waals surface area contributed by atoms with E-state index in [4.69, 9.17) is 14.2 Å². The van der Waals surface area contributed by atoms with Crippen LogP contribution in [0.1, 0.15) is 31.2 Å². The molecule has 6 nitrogen and oxygen atoms in total. The number of guanidine groups is 1. The molecule has 1 aromatic carbocycles. The zero-order valence-electron chi connectivity index (χ0n) is 14.9. The second kappa shape index (κ2) is 8.27. The molecule has 2 N–H and O–H groups in total. The number of nitrogens with zero attached hydrogens (tertiary/aromatic N) is 1. The molecular formula is C18H26BrN3O3. The number of halogens is 1. The highest BCUT2D eigenvalue weighted by molar-refractivity contribution is 9.10. The number of aliphatic imine (C=N–C) groups is 1. The summed E-state index contributed by atoms with van der Waals surface area (Å²) in [7, 11) is 3.57. The van der Waals surface area contributed by atoms with Gasteiger partial charge in [0.25, 0.3) is 0 Å². The van der Waals surface area contributed by atoms with Crippen molar-refractivity contribution in [1.82, 2.24) is 10.6 Å². The van der Waals surface area contributed by atoms with E-state index in [1.54, 1.807) is 14.2 Å². The van der Waals surface area contributed by atoms with Crippen molar-refractivity contribution >= 4 is 21.9 Å². The fourth-order valence-corrected chi connectivity index (χ4v) is 3.91. The summed E-state index contributed by atoms with van der Waals surface area (Å²) in [5.41, 5.74) is 1.46. The Morgan fingerprint density at radius 1 is 1.32 bits per heavy atom. The minimum Gasteiger partial charge on any atom is -0.454 e. The van der Waals surface area contributed by atoms with Crippen molar-refractivity contribution in [2.45, 2.75) is 32.2 Å². The van der Waals surface area contributed by atoms with Gasteiger partial charge in [-0.25, -0.2) is 0 Å². The van der Waals surface area contributed by atoms with Gasteiger partial charge in [0.05, 0.1) is 4.47 Å². The summed E-state index contributed by atoms with van der Waals surface area (Å²) in [6.45, 7) is 2.69. The Morgan fingerprint density at radius 2 is 2.16 bits per heavy atom. The van der Waals surface area contributed by atoms with Crippen LogP contribution in [0.5, 0.6) is 11.5 Å². The fraction of sp³-hybridized carbons (Fsp3) is 0.611. The number of benzene rings is 1. The molecule has 1 aliphatic heterocycles. The molecule has 7 heteroatoms. The number of rotatable bonds is 7. The van der Waals surface area contributed by atoms with Crippen molar-refractivity contribution in [3.8, 4) is 11.5 Å². The minimum atomic E-state index is 0.275. The van der Waals surface area contributed by atoms with Gasteiger partial charge in [0.2, 0.25) is 6.79 Å². The highest BCUT2D eigenvalue weighted by Crippen LogP contribution is 2.43. The average molecular weight is 412 g/mol. The van der Waals surface area contributed by atoms with Crippen LogP contribution in [-0.2, 0) is 11.3 Å². The summed E-state index contributed by atoms with van der Waals surface area (Å²) in [4.78, 5) is 4.34. The smallest absolute Gasteiger partial charge is 0.231 e. The molecule has 1 saturated carbocycles. The summed E-state index contributed by atoms with van der Waals surface area (Å²) >= 11 is 3.53. The lowest BCUT2D eigenvalue weighted by molar-refractivity contribution is 0.0732. The van der Waals surface area contributed by atoms with Crippen LogP contribution in [0.4, 0.5) is 0 Å². The van der Waals surface area contributed by atoms with Crippen LogP contribution < -0.4 is 20.1 Å². The lowest BCUT2D eigenvalue weighted by Crippen LogP contribution is -2.46. The molecule has 1 fully saturated rings. The lowest BCUT2D eigenvalue weighted by Gasteiger charge is -2.42. The highest BCUT2D eigenvalue weighted by atomic mass is 79.9. The SMILES string of the molecule is CN=C(NCc1cc(Br)c2c(c1)OCO2)NCC1(CCOC)CCC1. The quantitative estimate of drug-likeness (QED) is 0.533. The van der Waals surface area contributed by atoms with Crippen LogP contribution in [0, 0.1) is 5.41 Å². The lowest BCUT2D eigenvalue weighted by atomic mass is 9.67. The zero-order chi connectivity index (χ0) is 17.7. The van der Waals surface area contributed by atoms with E-state index in [0.717, 1.165) is 47.1 Å². The number of ether oxygens (including phenoxy) is 3. The van der Waals surface area contributed by atoms with Crippen molar-refractivity contribution in [3.05, 3.63) is 22.2 Å². The van der Waals surface area contributed by atoms with Crippen LogP contribution in [-0.4, -0.2) is 40.1 Å². The summed E-state index contributed by atoms with van der Waals surface area (Å²) in [6.07, 6.45) is 4.93. The van der Waals surface area contributed by atoms with Crippen LogP contribution in [0.2, 0.25) is 0 Å². The normalized spacial score (nSPS) is 18.0. The fourth-order valence-electron chi connectivity index (χ4n) is 3.31. The third kappa shape index (κ3) is 4.39. The molecule has 1 aromatic rings. The Morgan fingerprint density at radius 3 is 2.84 bits per heavy atom. The maximum absolute atomic E-state index is 5.47. The summed E-state index contributed by atoms with van der Waals surface area (Å²) in [5.74, 6) is 2.37. The molecule has 0 aromatic heterocycles. The summed E-state index contributed by atoms with van der Waals surface area (Å²) in [5, 5.41) is 6.85. The molecule has 0 atom stereocenters. The molecule has 0 radical (unpaired) electrons. The summed E-state index contributed by atoms with van der Waals surface area (Å²) in [6, 6.07) is 4.04. The van der Waals surface area contributed by atoms with E-state index in [9.17, 15) is 0 Å². The standard InChI is InChI=1S/C18H26BrN3O3/c1-20-17(22-11-18(4-3-5-18)6-7-23-2)21-10-13-8-14(19)16-15(9-13)24-12-25-16/h8-9H,3-7,10-12H2,1-2H3,(H2,20,21,22). The first-order valence-corrected chi connectivity index (χ1v) is 9.46. The largest absolute Gasteiger partial charge is 0.454 e. The van der Waals surface area contributed by atoms with Crippen molar-refractivity contribution in [2.24, 2.45) is 10.4 Å². The molecule has 1 aliphatic carbocycles. The molecule has 3 rings (SSSR count). The van der Waals surface area contributed by atoms with E-state index in [0.29, 0.717) is 12.0 Å². The van der Waals surface area contributed by atoms with E-state index in [1.165, 1.54) is 19.3 Å². The predicted molar refractivity (Wildman–Crippen MR) is 101 cm³/mol. The van der Waals surface area contributed by atoms with E-state index in [-0.39, 0.29) is 6.79 Å². The maximum atomic E-state index is 5.47. The number of hydrogen-bond donors (Lipinski definition) is 2. The first-order chi connectivity index (χ1) is 12.2. The van der Waals surface area contributed by atoms with Crippen LogP contribution in [0.3, 0.4) is 0 Å². The Bertz CT molecular complexity index is 632. The van der Waals surface area contributed by atoms with Crippen LogP contribution >= 0.6 is 15.9 Å². The predicted octanol–water partition coefficient (Wildman–Crippen LogP) is 3.05. The van der Waals surface area contributed by atoms with Gasteiger partial charge in [0, 0.05) is 33.9 Å². The molecule has 0 spiro atoms.